The molecular weight excluding hydrogens is 378 g/mol. The molecule has 0 unspecified atom stereocenters. The molecule has 1 fully saturated rings. The molecule has 0 bridgehead atoms. The van der Waals surface area contributed by atoms with E-state index in [0.29, 0.717) is 11.3 Å². The van der Waals surface area contributed by atoms with E-state index in [4.69, 9.17) is 0 Å². The fourth-order valence-electron chi connectivity index (χ4n) is 3.40. The lowest BCUT2D eigenvalue weighted by Gasteiger charge is -2.20. The van der Waals surface area contributed by atoms with Gasteiger partial charge in [0.2, 0.25) is 5.91 Å². The highest BCUT2D eigenvalue weighted by Gasteiger charge is 2.21. The van der Waals surface area contributed by atoms with Gasteiger partial charge in [0.25, 0.3) is 11.8 Å². The Labute approximate surface area is 176 Å². The van der Waals surface area contributed by atoms with Gasteiger partial charge >= 0.3 is 0 Å². The molecule has 6 nitrogen and oxygen atoms in total. The molecular formula is C24H27N3O3. The van der Waals surface area contributed by atoms with Gasteiger partial charge in [-0.15, -0.1) is 0 Å². The third kappa shape index (κ3) is 6.30. The van der Waals surface area contributed by atoms with Gasteiger partial charge in [-0.2, -0.15) is 0 Å². The van der Waals surface area contributed by atoms with Crippen LogP contribution in [0.5, 0.6) is 0 Å². The van der Waals surface area contributed by atoms with Gasteiger partial charge in [-0.1, -0.05) is 49.1 Å². The number of amides is 3. The van der Waals surface area contributed by atoms with Crippen molar-refractivity contribution in [3.63, 3.8) is 0 Å². The van der Waals surface area contributed by atoms with E-state index in [-0.39, 0.29) is 11.8 Å². The van der Waals surface area contributed by atoms with E-state index in [0.717, 1.165) is 36.8 Å². The highest BCUT2D eigenvalue weighted by Crippen LogP contribution is 2.25. The van der Waals surface area contributed by atoms with Crippen molar-refractivity contribution in [3.05, 3.63) is 71.3 Å². The molecule has 156 valence electrons. The summed E-state index contributed by atoms with van der Waals surface area (Å²) in [6.45, 7) is 1.99. The zero-order chi connectivity index (χ0) is 21.3. The summed E-state index contributed by atoms with van der Waals surface area (Å²) in [5.41, 5.74) is 7.82. The highest BCUT2D eigenvalue weighted by molar-refractivity contribution is 5.98. The lowest BCUT2D eigenvalue weighted by Crippen LogP contribution is -2.40. The molecule has 2 aromatic carbocycles. The molecule has 3 rings (SSSR count). The number of hydrogen-bond acceptors (Lipinski definition) is 3. The van der Waals surface area contributed by atoms with E-state index in [1.807, 2.05) is 31.2 Å². The molecule has 1 saturated carbocycles. The molecule has 3 amide bonds. The van der Waals surface area contributed by atoms with Crippen LogP contribution in [0.3, 0.4) is 0 Å². The van der Waals surface area contributed by atoms with Crippen molar-refractivity contribution in [3.8, 4) is 0 Å². The van der Waals surface area contributed by atoms with Crippen LogP contribution < -0.4 is 16.2 Å². The highest BCUT2D eigenvalue weighted by atomic mass is 16.2. The molecule has 1 aliphatic rings. The van der Waals surface area contributed by atoms with Crippen LogP contribution in [0.1, 0.15) is 53.6 Å². The summed E-state index contributed by atoms with van der Waals surface area (Å²) in [6, 6.07) is 14.3. The summed E-state index contributed by atoms with van der Waals surface area (Å²) in [6.07, 6.45) is 8.30. The number of benzene rings is 2. The van der Waals surface area contributed by atoms with Gasteiger partial charge in [0.05, 0.1) is 0 Å². The Morgan fingerprint density at radius 3 is 2.20 bits per heavy atom. The molecule has 0 aliphatic heterocycles. The number of hydrogen-bond donors (Lipinski definition) is 3. The maximum absolute atomic E-state index is 12.3. The molecule has 1 aliphatic carbocycles. The van der Waals surface area contributed by atoms with Crippen molar-refractivity contribution in [2.45, 2.75) is 39.0 Å². The Kier molecular flexibility index (Phi) is 7.38. The number of anilines is 1. The van der Waals surface area contributed by atoms with E-state index >= 15 is 0 Å². The average Bonchev–Trinajstić information content (AvgIpc) is 2.78. The molecule has 0 saturated heterocycles. The van der Waals surface area contributed by atoms with E-state index < -0.39 is 11.8 Å². The maximum atomic E-state index is 12.3. The summed E-state index contributed by atoms with van der Waals surface area (Å²) < 4.78 is 0. The Balaban J connectivity index is 1.46. The molecule has 0 radical (unpaired) electrons. The standard InChI is InChI=1S/C24H27N3O3/c1-17-7-9-18(10-8-17)11-16-22(28)26-27-24(30)20-12-14-21(15-13-20)25-23(29)19-5-3-2-4-6-19/h7-16,19H,2-6H2,1H3,(H,25,29)(H,26,28)(H,27,30)/b16-11+. The normalized spacial score (nSPS) is 14.3. The minimum atomic E-state index is -0.433. The lowest BCUT2D eigenvalue weighted by molar-refractivity contribution is -0.120. The summed E-state index contributed by atoms with van der Waals surface area (Å²) in [4.78, 5) is 36.4. The average molecular weight is 405 g/mol. The third-order valence-corrected chi connectivity index (χ3v) is 5.19. The number of carbonyl (C=O) groups is 3. The van der Waals surface area contributed by atoms with Crippen LogP contribution >= 0.6 is 0 Å². The van der Waals surface area contributed by atoms with E-state index in [1.165, 1.54) is 12.5 Å². The zero-order valence-corrected chi connectivity index (χ0v) is 17.1. The summed E-state index contributed by atoms with van der Waals surface area (Å²) in [5.74, 6) is -0.748. The van der Waals surface area contributed by atoms with Gasteiger partial charge in [0.15, 0.2) is 0 Å². The van der Waals surface area contributed by atoms with Crippen LogP contribution in [0.15, 0.2) is 54.6 Å². The molecule has 0 atom stereocenters. The minimum absolute atomic E-state index is 0.0412. The number of hydrazine groups is 1. The topological polar surface area (TPSA) is 87.3 Å². The fraction of sp³-hybridized carbons (Fsp3) is 0.292. The molecule has 30 heavy (non-hydrogen) atoms. The molecule has 6 heteroatoms. The Hall–Kier alpha value is -3.41. The molecule has 2 aromatic rings. The van der Waals surface area contributed by atoms with E-state index in [1.54, 1.807) is 30.3 Å². The maximum Gasteiger partial charge on any atom is 0.269 e. The summed E-state index contributed by atoms with van der Waals surface area (Å²) in [7, 11) is 0. The second-order valence-corrected chi connectivity index (χ2v) is 7.59. The van der Waals surface area contributed by atoms with E-state index in [9.17, 15) is 14.4 Å². The number of nitrogens with one attached hydrogen (secondary N) is 3. The molecule has 0 aromatic heterocycles. The van der Waals surface area contributed by atoms with E-state index in [2.05, 4.69) is 16.2 Å². The minimum Gasteiger partial charge on any atom is -0.326 e. The van der Waals surface area contributed by atoms with Crippen LogP contribution in [0.25, 0.3) is 6.08 Å². The van der Waals surface area contributed by atoms with Gasteiger partial charge in [0.1, 0.15) is 0 Å². The summed E-state index contributed by atoms with van der Waals surface area (Å²) in [5, 5.41) is 2.91. The Morgan fingerprint density at radius 1 is 0.867 bits per heavy atom. The number of aryl methyl sites for hydroxylation is 1. The van der Waals surface area contributed by atoms with Crippen molar-refractivity contribution < 1.29 is 14.4 Å². The molecule has 0 heterocycles. The first-order chi connectivity index (χ1) is 14.5. The zero-order valence-electron chi connectivity index (χ0n) is 17.1. The van der Waals surface area contributed by atoms with Crippen LogP contribution in [0, 0.1) is 12.8 Å². The van der Waals surface area contributed by atoms with Crippen molar-refractivity contribution in [2.75, 3.05) is 5.32 Å². The number of rotatable bonds is 5. The second-order valence-electron chi connectivity index (χ2n) is 7.59. The van der Waals surface area contributed by atoms with Crippen LogP contribution in [-0.4, -0.2) is 17.7 Å². The van der Waals surface area contributed by atoms with Gasteiger partial charge < -0.3 is 5.32 Å². The quantitative estimate of drug-likeness (QED) is 0.519. The molecule has 3 N–H and O–H groups in total. The largest absolute Gasteiger partial charge is 0.326 e. The Morgan fingerprint density at radius 2 is 1.53 bits per heavy atom. The van der Waals surface area contributed by atoms with Gasteiger partial charge in [0, 0.05) is 23.2 Å². The molecule has 0 spiro atoms. The van der Waals surface area contributed by atoms with Crippen molar-refractivity contribution in [1.82, 2.24) is 10.9 Å². The second kappa shape index (κ2) is 10.4. The monoisotopic (exact) mass is 405 g/mol. The van der Waals surface area contributed by atoms with Crippen molar-refractivity contribution in [2.24, 2.45) is 5.92 Å². The van der Waals surface area contributed by atoms with Gasteiger partial charge in [-0.3, -0.25) is 25.2 Å². The lowest BCUT2D eigenvalue weighted by atomic mass is 9.88. The fourth-order valence-corrected chi connectivity index (χ4v) is 3.40. The predicted molar refractivity (Wildman–Crippen MR) is 117 cm³/mol. The van der Waals surface area contributed by atoms with Gasteiger partial charge in [-0.05, 0) is 55.7 Å². The predicted octanol–water partition coefficient (Wildman–Crippen LogP) is 3.99. The first-order valence-corrected chi connectivity index (χ1v) is 10.3. The van der Waals surface area contributed by atoms with Crippen LogP contribution in [0.4, 0.5) is 5.69 Å². The first-order valence-electron chi connectivity index (χ1n) is 10.3. The third-order valence-electron chi connectivity index (χ3n) is 5.19. The van der Waals surface area contributed by atoms with Crippen molar-refractivity contribution in [1.29, 1.82) is 0 Å². The SMILES string of the molecule is Cc1ccc(/C=C/C(=O)NNC(=O)c2ccc(NC(=O)C3CCCCC3)cc2)cc1. The summed E-state index contributed by atoms with van der Waals surface area (Å²) >= 11 is 0. The number of carbonyl (C=O) groups excluding carboxylic acids is 3. The first kappa shape index (κ1) is 21.3. The smallest absolute Gasteiger partial charge is 0.269 e. The van der Waals surface area contributed by atoms with Gasteiger partial charge in [-0.25, -0.2) is 0 Å². The van der Waals surface area contributed by atoms with Crippen molar-refractivity contribution >= 4 is 29.5 Å². The van der Waals surface area contributed by atoms with Crippen LogP contribution in [0.2, 0.25) is 0 Å². The Bertz CT molecular complexity index is 912. The van der Waals surface area contributed by atoms with Crippen LogP contribution in [-0.2, 0) is 9.59 Å².